The van der Waals surface area contributed by atoms with E-state index in [-0.39, 0.29) is 25.1 Å². The molecule has 0 aliphatic heterocycles. The van der Waals surface area contributed by atoms with E-state index in [0.717, 1.165) is 10.4 Å². The molecule has 0 spiro atoms. The SMILES string of the molecule is COC(=O)CN(C(=O)c1cc(C)c(C#CCO)s1)C(C)C. The van der Waals surface area contributed by atoms with Crippen LogP contribution in [-0.2, 0) is 9.53 Å². The first kappa shape index (κ1) is 17.2. The van der Waals surface area contributed by atoms with E-state index < -0.39 is 5.97 Å². The van der Waals surface area contributed by atoms with Gasteiger partial charge >= 0.3 is 5.97 Å². The van der Waals surface area contributed by atoms with Gasteiger partial charge in [-0.15, -0.1) is 11.3 Å². The molecule has 0 aliphatic carbocycles. The molecule has 1 N–H and O–H groups in total. The van der Waals surface area contributed by atoms with E-state index >= 15 is 0 Å². The lowest BCUT2D eigenvalue weighted by Crippen LogP contribution is -2.40. The van der Waals surface area contributed by atoms with Gasteiger partial charge in [-0.1, -0.05) is 11.8 Å². The molecule has 0 bridgehead atoms. The molecule has 21 heavy (non-hydrogen) atoms. The molecule has 1 aromatic rings. The Morgan fingerprint density at radius 1 is 1.48 bits per heavy atom. The zero-order valence-corrected chi connectivity index (χ0v) is 13.4. The largest absolute Gasteiger partial charge is 0.468 e. The highest BCUT2D eigenvalue weighted by Crippen LogP contribution is 2.23. The predicted molar refractivity (Wildman–Crippen MR) is 81.2 cm³/mol. The van der Waals surface area contributed by atoms with Crippen LogP contribution >= 0.6 is 11.3 Å². The zero-order chi connectivity index (χ0) is 16.0. The van der Waals surface area contributed by atoms with Crippen molar-refractivity contribution in [3.05, 3.63) is 21.4 Å². The van der Waals surface area contributed by atoms with Gasteiger partial charge in [0.15, 0.2) is 0 Å². The van der Waals surface area contributed by atoms with Crippen molar-refractivity contribution in [1.29, 1.82) is 0 Å². The molecule has 5 nitrogen and oxygen atoms in total. The Morgan fingerprint density at radius 2 is 2.14 bits per heavy atom. The lowest BCUT2D eigenvalue weighted by atomic mass is 10.2. The molecular weight excluding hydrogens is 290 g/mol. The number of thiophene rings is 1. The number of aliphatic hydroxyl groups is 1. The highest BCUT2D eigenvalue weighted by molar-refractivity contribution is 7.14. The highest BCUT2D eigenvalue weighted by Gasteiger charge is 2.23. The number of rotatable bonds is 4. The average molecular weight is 309 g/mol. The fourth-order valence-corrected chi connectivity index (χ4v) is 2.67. The number of methoxy groups -OCH3 is 1. The van der Waals surface area contributed by atoms with Crippen LogP contribution in [0, 0.1) is 18.8 Å². The van der Waals surface area contributed by atoms with Crippen molar-refractivity contribution in [2.45, 2.75) is 26.8 Å². The molecule has 1 rings (SSSR count). The van der Waals surface area contributed by atoms with E-state index in [4.69, 9.17) is 5.11 Å². The minimum absolute atomic E-state index is 0.0817. The van der Waals surface area contributed by atoms with Crippen molar-refractivity contribution in [3.63, 3.8) is 0 Å². The van der Waals surface area contributed by atoms with Gasteiger partial charge in [-0.05, 0) is 32.4 Å². The predicted octanol–water partition coefficient (Wildman–Crippen LogP) is 1.42. The monoisotopic (exact) mass is 309 g/mol. The molecule has 0 aliphatic rings. The second kappa shape index (κ2) is 7.81. The zero-order valence-electron chi connectivity index (χ0n) is 12.6. The second-order valence-corrected chi connectivity index (χ2v) is 5.74. The molecule has 0 saturated heterocycles. The summed E-state index contributed by atoms with van der Waals surface area (Å²) in [5.41, 5.74) is 0.881. The van der Waals surface area contributed by atoms with Crippen molar-refractivity contribution >= 4 is 23.2 Å². The molecule has 0 atom stereocenters. The van der Waals surface area contributed by atoms with Crippen LogP contribution in [0.1, 0.15) is 34.0 Å². The topological polar surface area (TPSA) is 66.8 Å². The van der Waals surface area contributed by atoms with Crippen molar-refractivity contribution in [2.75, 3.05) is 20.3 Å². The summed E-state index contributed by atoms with van der Waals surface area (Å²) in [6, 6.07) is 1.63. The Bertz CT molecular complexity index is 580. The van der Waals surface area contributed by atoms with Gasteiger partial charge in [0.05, 0.1) is 16.9 Å². The van der Waals surface area contributed by atoms with Gasteiger partial charge in [-0.2, -0.15) is 0 Å². The fourth-order valence-electron chi connectivity index (χ4n) is 1.67. The molecule has 0 saturated carbocycles. The van der Waals surface area contributed by atoms with E-state index in [1.807, 2.05) is 20.8 Å². The van der Waals surface area contributed by atoms with Crippen LogP contribution in [0.2, 0.25) is 0 Å². The van der Waals surface area contributed by atoms with Gasteiger partial charge in [-0.25, -0.2) is 0 Å². The van der Waals surface area contributed by atoms with E-state index in [0.29, 0.717) is 4.88 Å². The quantitative estimate of drug-likeness (QED) is 0.675. The van der Waals surface area contributed by atoms with E-state index in [1.165, 1.54) is 23.3 Å². The second-order valence-electron chi connectivity index (χ2n) is 4.69. The number of hydrogen-bond acceptors (Lipinski definition) is 5. The molecule has 0 aromatic carbocycles. The Hall–Kier alpha value is -1.84. The molecule has 0 radical (unpaired) electrons. The molecular formula is C15H19NO4S. The standard InChI is InChI=1S/C15H19NO4S/c1-10(2)16(9-14(18)20-4)15(19)13-8-11(3)12(21-13)6-5-7-17/h8,10,17H,7,9H2,1-4H3. The van der Waals surface area contributed by atoms with Crippen LogP contribution in [-0.4, -0.2) is 48.2 Å². The molecule has 6 heteroatoms. The molecule has 0 unspecified atom stereocenters. The van der Waals surface area contributed by atoms with Crippen LogP contribution in [0.4, 0.5) is 0 Å². The number of carbonyl (C=O) groups excluding carboxylic acids is 2. The van der Waals surface area contributed by atoms with Crippen LogP contribution in [0.25, 0.3) is 0 Å². The first-order valence-electron chi connectivity index (χ1n) is 6.48. The summed E-state index contributed by atoms with van der Waals surface area (Å²) in [5, 5.41) is 8.73. The maximum Gasteiger partial charge on any atom is 0.325 e. The molecule has 1 heterocycles. The number of esters is 1. The average Bonchev–Trinajstić information content (AvgIpc) is 2.82. The summed E-state index contributed by atoms with van der Waals surface area (Å²) in [7, 11) is 1.29. The van der Waals surface area contributed by atoms with Crippen LogP contribution in [0.5, 0.6) is 0 Å². The third kappa shape index (κ3) is 4.59. The lowest BCUT2D eigenvalue weighted by molar-refractivity contribution is -0.141. The number of aryl methyl sites for hydroxylation is 1. The number of nitrogens with zero attached hydrogens (tertiary/aromatic N) is 1. The van der Waals surface area contributed by atoms with Gasteiger partial charge in [0, 0.05) is 6.04 Å². The van der Waals surface area contributed by atoms with Crippen molar-refractivity contribution < 1.29 is 19.4 Å². The van der Waals surface area contributed by atoms with Crippen molar-refractivity contribution in [1.82, 2.24) is 4.90 Å². The molecule has 1 aromatic heterocycles. The number of carbonyl (C=O) groups is 2. The summed E-state index contributed by atoms with van der Waals surface area (Å²) < 4.78 is 4.62. The minimum Gasteiger partial charge on any atom is -0.468 e. The molecule has 1 amide bonds. The van der Waals surface area contributed by atoms with E-state index in [1.54, 1.807) is 6.07 Å². The highest BCUT2D eigenvalue weighted by atomic mass is 32.1. The number of amides is 1. The Morgan fingerprint density at radius 3 is 2.67 bits per heavy atom. The number of hydrogen-bond donors (Lipinski definition) is 1. The normalized spacial score (nSPS) is 10.0. The number of aliphatic hydroxyl groups excluding tert-OH is 1. The Balaban J connectivity index is 3.01. The van der Waals surface area contributed by atoms with Crippen LogP contribution in [0.15, 0.2) is 6.07 Å². The van der Waals surface area contributed by atoms with Crippen LogP contribution < -0.4 is 0 Å². The van der Waals surface area contributed by atoms with Gasteiger partial charge in [0.2, 0.25) is 0 Å². The first-order chi connectivity index (χ1) is 9.90. The van der Waals surface area contributed by atoms with Gasteiger partial charge in [0.25, 0.3) is 5.91 Å². The summed E-state index contributed by atoms with van der Waals surface area (Å²) >= 11 is 1.26. The summed E-state index contributed by atoms with van der Waals surface area (Å²) in [4.78, 5) is 26.6. The van der Waals surface area contributed by atoms with Gasteiger partial charge in [-0.3, -0.25) is 9.59 Å². The van der Waals surface area contributed by atoms with E-state index in [9.17, 15) is 9.59 Å². The lowest BCUT2D eigenvalue weighted by Gasteiger charge is -2.24. The Kier molecular flexibility index (Phi) is 6.40. The van der Waals surface area contributed by atoms with Gasteiger partial charge < -0.3 is 14.7 Å². The van der Waals surface area contributed by atoms with Gasteiger partial charge in [0.1, 0.15) is 13.2 Å². The summed E-state index contributed by atoms with van der Waals surface area (Å²) in [5.74, 6) is 4.71. The third-order valence-corrected chi connectivity index (χ3v) is 3.96. The fraction of sp³-hybridized carbons (Fsp3) is 0.467. The summed E-state index contributed by atoms with van der Waals surface area (Å²) in [6.45, 7) is 5.24. The third-order valence-electron chi connectivity index (χ3n) is 2.82. The smallest absolute Gasteiger partial charge is 0.325 e. The van der Waals surface area contributed by atoms with Crippen molar-refractivity contribution in [2.24, 2.45) is 0 Å². The molecule has 114 valence electrons. The maximum atomic E-state index is 12.5. The minimum atomic E-state index is -0.453. The summed E-state index contributed by atoms with van der Waals surface area (Å²) in [6.07, 6.45) is 0. The van der Waals surface area contributed by atoms with E-state index in [2.05, 4.69) is 16.6 Å². The maximum absolute atomic E-state index is 12.5. The molecule has 0 fully saturated rings. The Labute approximate surface area is 128 Å². The van der Waals surface area contributed by atoms with Crippen LogP contribution in [0.3, 0.4) is 0 Å². The first-order valence-corrected chi connectivity index (χ1v) is 7.30. The number of ether oxygens (including phenoxy) is 1. The van der Waals surface area contributed by atoms with Crippen molar-refractivity contribution in [3.8, 4) is 11.8 Å².